The topological polar surface area (TPSA) is 38.8 Å². The van der Waals surface area contributed by atoms with Crippen molar-refractivity contribution in [3.05, 3.63) is 0 Å². The molecule has 0 spiro atoms. The van der Waals surface area contributed by atoms with Gasteiger partial charge in [-0.2, -0.15) is 0 Å². The van der Waals surface area contributed by atoms with Crippen molar-refractivity contribution in [3.63, 3.8) is 0 Å². The molecule has 0 aromatic carbocycles. The van der Waals surface area contributed by atoms with Crippen LogP contribution in [0, 0.1) is 0 Å². The number of carbonyl (C=O) groups excluding carboxylic acids is 1. The molecule has 1 rings (SSSR count). The van der Waals surface area contributed by atoms with Gasteiger partial charge in [0.1, 0.15) is 0 Å². The molecule has 5 heteroatoms. The monoisotopic (exact) mass is 421 g/mol. The molecule has 4 nitrogen and oxygen atoms in total. The molecule has 0 radical (unpaired) electrons. The van der Waals surface area contributed by atoms with Crippen molar-refractivity contribution in [2.45, 2.75) is 76.9 Å². The summed E-state index contributed by atoms with van der Waals surface area (Å²) in [6, 6.07) is 0. The molecular formula is C17H35NO3Sn. The number of amides is 1. The molecule has 0 aromatic rings. The Morgan fingerprint density at radius 2 is 1.59 bits per heavy atom. The van der Waals surface area contributed by atoms with Crippen molar-refractivity contribution in [1.29, 1.82) is 0 Å². The van der Waals surface area contributed by atoms with Crippen molar-refractivity contribution in [2.75, 3.05) is 20.3 Å². The van der Waals surface area contributed by atoms with Gasteiger partial charge in [0.25, 0.3) is 0 Å². The summed E-state index contributed by atoms with van der Waals surface area (Å²) in [4.78, 5) is 14.1. The Balaban J connectivity index is 2.99. The fourth-order valence-electron chi connectivity index (χ4n) is 3.61. The summed E-state index contributed by atoms with van der Waals surface area (Å²) < 4.78 is 15.3. The van der Waals surface area contributed by atoms with Gasteiger partial charge in [0.2, 0.25) is 0 Å². The van der Waals surface area contributed by atoms with Gasteiger partial charge in [-0.15, -0.1) is 0 Å². The van der Waals surface area contributed by atoms with Crippen molar-refractivity contribution in [1.82, 2.24) is 4.90 Å². The molecule has 0 saturated carbocycles. The van der Waals surface area contributed by atoms with E-state index in [0.29, 0.717) is 13.2 Å². The van der Waals surface area contributed by atoms with Gasteiger partial charge in [0, 0.05) is 0 Å². The van der Waals surface area contributed by atoms with Crippen LogP contribution in [-0.2, 0) is 9.47 Å². The van der Waals surface area contributed by atoms with E-state index in [1.54, 1.807) is 0 Å². The predicted molar refractivity (Wildman–Crippen MR) is 93.8 cm³/mol. The predicted octanol–water partition coefficient (Wildman–Crippen LogP) is 4.80. The van der Waals surface area contributed by atoms with Crippen molar-refractivity contribution in [2.24, 2.45) is 0 Å². The Morgan fingerprint density at radius 3 is 2.00 bits per heavy atom. The molecule has 1 amide bonds. The molecule has 0 N–H and O–H groups in total. The molecule has 0 aliphatic carbocycles. The van der Waals surface area contributed by atoms with Crippen molar-refractivity contribution >= 4 is 24.5 Å². The van der Waals surface area contributed by atoms with Crippen LogP contribution in [0.25, 0.3) is 0 Å². The van der Waals surface area contributed by atoms with E-state index in [1.807, 2.05) is 4.90 Å². The summed E-state index contributed by atoms with van der Waals surface area (Å²) in [6.07, 6.45) is 7.40. The zero-order valence-electron chi connectivity index (χ0n) is 15.0. The van der Waals surface area contributed by atoms with E-state index >= 15 is 0 Å². The second kappa shape index (κ2) is 10.7. The summed E-state index contributed by atoms with van der Waals surface area (Å²) >= 11 is -2.56. The van der Waals surface area contributed by atoms with Crippen LogP contribution in [0.1, 0.15) is 59.3 Å². The van der Waals surface area contributed by atoms with Crippen molar-refractivity contribution < 1.29 is 14.3 Å². The molecule has 130 valence electrons. The minimum atomic E-state index is -2.56. The molecular weight excluding hydrogens is 385 g/mol. The van der Waals surface area contributed by atoms with Crippen LogP contribution in [-0.4, -0.2) is 53.9 Å². The SMILES string of the molecule is CCC[CH2][Sn]([CH2]CCC)([CH2]CCC)[CH]1OCCN1C(=O)OC. The zero-order valence-corrected chi connectivity index (χ0v) is 17.9. The van der Waals surface area contributed by atoms with E-state index < -0.39 is 18.4 Å². The van der Waals surface area contributed by atoms with Gasteiger partial charge in [-0.25, -0.2) is 0 Å². The third-order valence-corrected chi connectivity index (χ3v) is 20.8. The van der Waals surface area contributed by atoms with Crippen LogP contribution < -0.4 is 0 Å². The van der Waals surface area contributed by atoms with E-state index in [-0.39, 0.29) is 10.3 Å². The molecule has 22 heavy (non-hydrogen) atoms. The van der Waals surface area contributed by atoms with Gasteiger partial charge in [-0.05, 0) is 0 Å². The van der Waals surface area contributed by atoms with E-state index in [4.69, 9.17) is 9.47 Å². The maximum atomic E-state index is 12.1. The fraction of sp³-hybridized carbons (Fsp3) is 0.941. The molecule has 1 unspecified atom stereocenters. The summed E-state index contributed by atoms with van der Waals surface area (Å²) in [5.74, 6) is 0. The first kappa shape index (κ1) is 20.1. The van der Waals surface area contributed by atoms with Crippen LogP contribution in [0.5, 0.6) is 0 Å². The van der Waals surface area contributed by atoms with Gasteiger partial charge in [-0.1, -0.05) is 0 Å². The van der Waals surface area contributed by atoms with Crippen LogP contribution >= 0.6 is 0 Å². The Morgan fingerprint density at radius 1 is 1.09 bits per heavy atom. The van der Waals surface area contributed by atoms with Gasteiger partial charge in [-0.3, -0.25) is 0 Å². The number of nitrogens with zero attached hydrogens (tertiary/aromatic N) is 1. The van der Waals surface area contributed by atoms with Crippen LogP contribution in [0.2, 0.25) is 13.3 Å². The molecule has 1 aliphatic heterocycles. The Kier molecular flexibility index (Phi) is 9.80. The average molecular weight is 420 g/mol. The van der Waals surface area contributed by atoms with Gasteiger partial charge < -0.3 is 0 Å². The molecule has 1 saturated heterocycles. The molecule has 1 aliphatic rings. The molecule has 0 aromatic heterocycles. The van der Waals surface area contributed by atoms with Gasteiger partial charge >= 0.3 is 141 Å². The molecule has 1 atom stereocenters. The van der Waals surface area contributed by atoms with E-state index in [1.165, 1.54) is 58.9 Å². The molecule has 1 fully saturated rings. The second-order valence-corrected chi connectivity index (χ2v) is 20.0. The zero-order chi connectivity index (χ0) is 16.4. The van der Waals surface area contributed by atoms with Gasteiger partial charge in [0.05, 0.1) is 0 Å². The number of carbonyl (C=O) groups is 1. The fourth-order valence-corrected chi connectivity index (χ4v) is 20.8. The Labute approximate surface area is 140 Å². The maximum absolute atomic E-state index is 12.1. The number of rotatable bonds is 10. The first-order valence-electron chi connectivity index (χ1n) is 9.11. The van der Waals surface area contributed by atoms with Crippen molar-refractivity contribution in [3.8, 4) is 0 Å². The van der Waals surface area contributed by atoms with Crippen LogP contribution in [0.4, 0.5) is 4.79 Å². The first-order valence-corrected chi connectivity index (χ1v) is 16.8. The number of hydrogen-bond donors (Lipinski definition) is 0. The third-order valence-electron chi connectivity index (χ3n) is 4.91. The Hall–Kier alpha value is 0.0287. The third kappa shape index (κ3) is 5.29. The second-order valence-electron chi connectivity index (χ2n) is 6.56. The molecule has 0 bridgehead atoms. The quantitative estimate of drug-likeness (QED) is 0.477. The summed E-state index contributed by atoms with van der Waals surface area (Å²) in [5, 5.41) is 0. The van der Waals surface area contributed by atoms with Crippen LogP contribution in [0.3, 0.4) is 0 Å². The summed E-state index contributed by atoms with van der Waals surface area (Å²) in [7, 11) is 1.49. The number of unbranched alkanes of at least 4 members (excludes halogenated alkanes) is 3. The number of methoxy groups -OCH3 is 1. The van der Waals surface area contributed by atoms with Crippen LogP contribution in [0.15, 0.2) is 0 Å². The van der Waals surface area contributed by atoms with E-state index in [2.05, 4.69) is 20.8 Å². The summed E-state index contributed by atoms with van der Waals surface area (Å²) in [6.45, 7) is 8.20. The first-order chi connectivity index (χ1) is 10.6. The van der Waals surface area contributed by atoms with E-state index in [9.17, 15) is 4.79 Å². The average Bonchev–Trinajstić information content (AvgIpc) is 3.04. The van der Waals surface area contributed by atoms with E-state index in [0.717, 1.165) is 0 Å². The Bertz CT molecular complexity index is 303. The molecule has 1 heterocycles. The number of hydrogen-bond acceptors (Lipinski definition) is 3. The van der Waals surface area contributed by atoms with Gasteiger partial charge in [0.15, 0.2) is 0 Å². The standard InChI is InChI=1S/C5H8NO3.3C4H9.Sn/c1-8-5(7)6-2-3-9-4-6;3*1-3-4-2;/h4H,2-3H2,1H3;3*1,3-4H2,2H3;. The normalized spacial score (nSPS) is 18.7. The summed E-state index contributed by atoms with van der Waals surface area (Å²) in [5.41, 5.74) is 0. The minimum absolute atomic E-state index is 0.103. The number of ether oxygens (including phenoxy) is 2.